The second-order valence-corrected chi connectivity index (χ2v) is 7.20. The van der Waals surface area contributed by atoms with Crippen LogP contribution in [-0.2, 0) is 11.3 Å². The highest BCUT2D eigenvalue weighted by atomic mass is 16.5. The Balaban J connectivity index is 1.88. The first-order chi connectivity index (χ1) is 12.4. The first-order valence-electron chi connectivity index (χ1n) is 9.36. The van der Waals surface area contributed by atoms with Crippen LogP contribution in [0.2, 0.25) is 0 Å². The number of methoxy groups -OCH3 is 1. The van der Waals surface area contributed by atoms with Gasteiger partial charge in [0.1, 0.15) is 5.75 Å². The van der Waals surface area contributed by atoms with Crippen molar-refractivity contribution >= 4 is 11.9 Å². The molecular formula is C20H31N3O3. The van der Waals surface area contributed by atoms with Gasteiger partial charge in [-0.2, -0.15) is 0 Å². The maximum atomic E-state index is 12.4. The molecule has 1 aliphatic carbocycles. The number of urea groups is 1. The SMILES string of the molecule is COc1ccc(C)cc1CN(C)[C@@H](C)C(=O)NC(=O)NC1CCCCC1. The Morgan fingerprint density at radius 1 is 1.27 bits per heavy atom. The zero-order valence-corrected chi connectivity index (χ0v) is 16.3. The molecule has 2 rings (SSSR count). The molecule has 1 aromatic rings. The van der Waals surface area contributed by atoms with Crippen LogP contribution >= 0.6 is 0 Å². The highest BCUT2D eigenvalue weighted by Gasteiger charge is 2.23. The summed E-state index contributed by atoms with van der Waals surface area (Å²) in [5.74, 6) is 0.498. The summed E-state index contributed by atoms with van der Waals surface area (Å²) < 4.78 is 5.40. The van der Waals surface area contributed by atoms with Crippen LogP contribution in [0, 0.1) is 6.92 Å². The fourth-order valence-corrected chi connectivity index (χ4v) is 3.32. The Labute approximate surface area is 156 Å². The summed E-state index contributed by atoms with van der Waals surface area (Å²) in [6.45, 7) is 4.38. The fourth-order valence-electron chi connectivity index (χ4n) is 3.32. The average molecular weight is 361 g/mol. The van der Waals surface area contributed by atoms with Crippen molar-refractivity contribution in [2.75, 3.05) is 14.2 Å². The van der Waals surface area contributed by atoms with Crippen LogP contribution in [0.1, 0.15) is 50.2 Å². The van der Waals surface area contributed by atoms with E-state index in [-0.39, 0.29) is 11.9 Å². The number of benzene rings is 1. The normalized spacial score (nSPS) is 16.2. The minimum Gasteiger partial charge on any atom is -0.496 e. The van der Waals surface area contributed by atoms with E-state index in [1.165, 1.54) is 6.42 Å². The second-order valence-electron chi connectivity index (χ2n) is 7.20. The lowest BCUT2D eigenvalue weighted by atomic mass is 9.96. The smallest absolute Gasteiger partial charge is 0.321 e. The number of aryl methyl sites for hydroxylation is 1. The fraction of sp³-hybridized carbons (Fsp3) is 0.600. The van der Waals surface area contributed by atoms with E-state index < -0.39 is 12.1 Å². The van der Waals surface area contributed by atoms with Gasteiger partial charge in [0.2, 0.25) is 5.91 Å². The van der Waals surface area contributed by atoms with Gasteiger partial charge in [-0.05, 0) is 39.8 Å². The molecule has 2 N–H and O–H groups in total. The summed E-state index contributed by atoms with van der Waals surface area (Å²) in [7, 11) is 3.50. The van der Waals surface area contributed by atoms with E-state index in [2.05, 4.69) is 16.7 Å². The minimum atomic E-state index is -0.433. The van der Waals surface area contributed by atoms with Gasteiger partial charge in [-0.1, -0.05) is 37.0 Å². The topological polar surface area (TPSA) is 70.7 Å². The highest BCUT2D eigenvalue weighted by Crippen LogP contribution is 2.21. The summed E-state index contributed by atoms with van der Waals surface area (Å²) in [5, 5.41) is 5.38. The van der Waals surface area contributed by atoms with Gasteiger partial charge in [0, 0.05) is 18.2 Å². The van der Waals surface area contributed by atoms with Crippen molar-refractivity contribution in [3.8, 4) is 5.75 Å². The number of likely N-dealkylation sites (N-methyl/N-ethyl adjacent to an activating group) is 1. The Morgan fingerprint density at radius 2 is 1.96 bits per heavy atom. The Hall–Kier alpha value is -2.08. The molecule has 6 heteroatoms. The third-order valence-corrected chi connectivity index (χ3v) is 5.07. The van der Waals surface area contributed by atoms with Crippen LogP contribution in [0.4, 0.5) is 4.79 Å². The number of carbonyl (C=O) groups excluding carboxylic acids is 2. The summed E-state index contributed by atoms with van der Waals surface area (Å²) >= 11 is 0. The van der Waals surface area contributed by atoms with Crippen molar-refractivity contribution in [1.82, 2.24) is 15.5 Å². The zero-order chi connectivity index (χ0) is 19.1. The van der Waals surface area contributed by atoms with E-state index in [0.717, 1.165) is 42.6 Å². The van der Waals surface area contributed by atoms with Crippen molar-refractivity contribution < 1.29 is 14.3 Å². The molecule has 0 heterocycles. The van der Waals surface area contributed by atoms with E-state index in [9.17, 15) is 9.59 Å². The molecule has 0 radical (unpaired) electrons. The van der Waals surface area contributed by atoms with Crippen molar-refractivity contribution in [1.29, 1.82) is 0 Å². The molecule has 0 saturated heterocycles. The third kappa shape index (κ3) is 5.73. The maximum Gasteiger partial charge on any atom is 0.321 e. The Kier molecular flexibility index (Phi) is 7.45. The average Bonchev–Trinajstić information content (AvgIpc) is 2.61. The van der Waals surface area contributed by atoms with Crippen LogP contribution in [0.15, 0.2) is 18.2 Å². The molecule has 1 saturated carbocycles. The van der Waals surface area contributed by atoms with Crippen molar-refractivity contribution in [2.45, 2.75) is 64.6 Å². The molecule has 26 heavy (non-hydrogen) atoms. The molecule has 144 valence electrons. The van der Waals surface area contributed by atoms with Crippen molar-refractivity contribution in [3.63, 3.8) is 0 Å². The van der Waals surface area contributed by atoms with Crippen molar-refractivity contribution in [2.24, 2.45) is 0 Å². The predicted octanol–water partition coefficient (Wildman–Crippen LogP) is 2.98. The number of carbonyl (C=O) groups is 2. The third-order valence-electron chi connectivity index (χ3n) is 5.07. The molecule has 1 aliphatic rings. The van der Waals surface area contributed by atoms with Crippen LogP contribution in [-0.4, -0.2) is 43.1 Å². The lowest BCUT2D eigenvalue weighted by Gasteiger charge is -2.26. The first-order valence-corrected chi connectivity index (χ1v) is 9.36. The number of nitrogens with one attached hydrogen (secondary N) is 2. The zero-order valence-electron chi connectivity index (χ0n) is 16.3. The molecule has 1 aromatic carbocycles. The molecular weight excluding hydrogens is 330 g/mol. The van der Waals surface area contributed by atoms with Crippen LogP contribution in [0.5, 0.6) is 5.75 Å². The van der Waals surface area contributed by atoms with Crippen molar-refractivity contribution in [3.05, 3.63) is 29.3 Å². The van der Waals surface area contributed by atoms with Gasteiger partial charge >= 0.3 is 6.03 Å². The Morgan fingerprint density at radius 3 is 2.62 bits per heavy atom. The molecule has 0 aliphatic heterocycles. The number of hydrogen-bond acceptors (Lipinski definition) is 4. The molecule has 1 fully saturated rings. The largest absolute Gasteiger partial charge is 0.496 e. The highest BCUT2D eigenvalue weighted by molar-refractivity contribution is 5.96. The van der Waals surface area contributed by atoms with E-state index in [0.29, 0.717) is 6.54 Å². The summed E-state index contributed by atoms with van der Waals surface area (Å²) in [6, 6.07) is 5.33. The molecule has 0 aromatic heterocycles. The van der Waals surface area contributed by atoms with E-state index in [1.54, 1.807) is 14.0 Å². The predicted molar refractivity (Wildman–Crippen MR) is 102 cm³/mol. The summed E-state index contributed by atoms with van der Waals surface area (Å²) in [5.41, 5.74) is 2.15. The van der Waals surface area contributed by atoms with Gasteiger partial charge in [0.05, 0.1) is 13.2 Å². The van der Waals surface area contributed by atoms with E-state index in [4.69, 9.17) is 4.74 Å². The molecule has 0 bridgehead atoms. The summed E-state index contributed by atoms with van der Waals surface area (Å²) in [4.78, 5) is 26.4. The Bertz CT molecular complexity index is 627. The minimum absolute atomic E-state index is 0.182. The molecule has 6 nitrogen and oxygen atoms in total. The molecule has 3 amide bonds. The number of hydrogen-bond donors (Lipinski definition) is 2. The van der Waals surface area contributed by atoms with Gasteiger partial charge in [-0.25, -0.2) is 4.79 Å². The van der Waals surface area contributed by atoms with Gasteiger partial charge in [-0.3, -0.25) is 15.0 Å². The number of amides is 3. The van der Waals surface area contributed by atoms with Crippen LogP contribution in [0.25, 0.3) is 0 Å². The lowest BCUT2D eigenvalue weighted by Crippen LogP contribution is -2.50. The standard InChI is InChI=1S/C20H31N3O3/c1-14-10-11-18(26-4)16(12-14)13-23(3)15(2)19(24)22-20(25)21-17-8-6-5-7-9-17/h10-12,15,17H,5-9,13H2,1-4H3,(H2,21,22,24,25)/t15-/m0/s1. The number of ether oxygens (including phenoxy) is 1. The van der Waals surface area contributed by atoms with E-state index >= 15 is 0 Å². The number of imide groups is 1. The molecule has 0 unspecified atom stereocenters. The van der Waals surface area contributed by atoms with Gasteiger partial charge in [0.15, 0.2) is 0 Å². The molecule has 0 spiro atoms. The maximum absolute atomic E-state index is 12.4. The monoisotopic (exact) mass is 361 g/mol. The van der Waals surface area contributed by atoms with Gasteiger partial charge in [-0.15, -0.1) is 0 Å². The number of nitrogens with zero attached hydrogens (tertiary/aromatic N) is 1. The van der Waals surface area contributed by atoms with E-state index in [1.807, 2.05) is 31.0 Å². The number of rotatable bonds is 6. The summed E-state index contributed by atoms with van der Waals surface area (Å²) in [6.07, 6.45) is 5.48. The van der Waals surface area contributed by atoms with Gasteiger partial charge in [0.25, 0.3) is 0 Å². The van der Waals surface area contributed by atoms with Crippen LogP contribution < -0.4 is 15.4 Å². The second kappa shape index (κ2) is 9.57. The molecule has 1 atom stereocenters. The first kappa shape index (κ1) is 20.2. The quantitative estimate of drug-likeness (QED) is 0.817. The lowest BCUT2D eigenvalue weighted by molar-refractivity contribution is -0.124. The van der Waals surface area contributed by atoms with Crippen LogP contribution in [0.3, 0.4) is 0 Å². The van der Waals surface area contributed by atoms with Gasteiger partial charge < -0.3 is 10.1 Å².